The molecule has 8 heteroatoms. The van der Waals surface area contributed by atoms with Crippen molar-refractivity contribution >= 4 is 23.6 Å². The summed E-state index contributed by atoms with van der Waals surface area (Å²) >= 11 is 0. The van der Waals surface area contributed by atoms with Gasteiger partial charge in [0.15, 0.2) is 5.79 Å². The summed E-state index contributed by atoms with van der Waals surface area (Å²) in [6.07, 6.45) is 3.73. The fourth-order valence-corrected chi connectivity index (χ4v) is 6.94. The van der Waals surface area contributed by atoms with Gasteiger partial charge in [-0.2, -0.15) is 0 Å². The zero-order valence-electron chi connectivity index (χ0n) is 29.3. The molecule has 2 aliphatic rings. The average molecular weight is 665 g/mol. The van der Waals surface area contributed by atoms with Gasteiger partial charge in [-0.3, -0.25) is 9.59 Å². The van der Waals surface area contributed by atoms with Gasteiger partial charge in [-0.1, -0.05) is 60.7 Å². The summed E-state index contributed by atoms with van der Waals surface area (Å²) in [5.74, 6) is -1.72. The second-order valence-corrected chi connectivity index (χ2v) is 14.5. The molecule has 6 rings (SSSR count). The molecule has 0 saturated carbocycles. The van der Waals surface area contributed by atoms with Crippen LogP contribution in [-0.2, 0) is 25.5 Å². The molecule has 7 nitrogen and oxygen atoms in total. The minimum Gasteiger partial charge on any atom is -0.460 e. The van der Waals surface area contributed by atoms with Crippen molar-refractivity contribution in [3.8, 4) is 22.3 Å². The summed E-state index contributed by atoms with van der Waals surface area (Å²) in [7, 11) is 0. The number of benzene rings is 3. The van der Waals surface area contributed by atoms with Gasteiger partial charge >= 0.3 is 5.97 Å². The van der Waals surface area contributed by atoms with E-state index in [2.05, 4.69) is 30.5 Å². The quantitative estimate of drug-likeness (QED) is 0.184. The van der Waals surface area contributed by atoms with Crippen LogP contribution in [0.2, 0.25) is 0 Å². The number of fused-ring (bicyclic) bond motifs is 3. The van der Waals surface area contributed by atoms with Crippen LogP contribution < -0.4 is 4.90 Å². The minimum absolute atomic E-state index is 0.104. The van der Waals surface area contributed by atoms with Crippen LogP contribution in [0.4, 0.5) is 10.1 Å². The van der Waals surface area contributed by atoms with Crippen LogP contribution in [0.3, 0.4) is 0 Å². The molecular formula is C41H45FN2O5. The highest BCUT2D eigenvalue weighted by Gasteiger charge is 2.38. The molecule has 0 radical (unpaired) electrons. The molecule has 3 heterocycles. The zero-order chi connectivity index (χ0) is 35.1. The summed E-state index contributed by atoms with van der Waals surface area (Å²) in [6.45, 7) is 13.7. The number of halogens is 1. The Morgan fingerprint density at radius 2 is 1.65 bits per heavy atom. The summed E-state index contributed by atoms with van der Waals surface area (Å²) < 4.78 is 34.5. The van der Waals surface area contributed by atoms with E-state index in [0.717, 1.165) is 39.2 Å². The molecule has 1 fully saturated rings. The fraction of sp³-hybridized carbons (Fsp3) is 0.366. The molecule has 2 aliphatic heterocycles. The number of ether oxygens (including phenoxy) is 3. The van der Waals surface area contributed by atoms with Crippen LogP contribution in [0.1, 0.15) is 89.1 Å². The average Bonchev–Trinajstić information content (AvgIpc) is 3.30. The maximum atomic E-state index is 14.9. The van der Waals surface area contributed by atoms with Gasteiger partial charge in [0.25, 0.3) is 5.91 Å². The molecule has 4 aromatic rings. The minimum atomic E-state index is -0.942. The Hall–Kier alpha value is -4.53. The lowest BCUT2D eigenvalue weighted by Gasteiger charge is -2.39. The van der Waals surface area contributed by atoms with Crippen molar-refractivity contribution < 1.29 is 28.2 Å². The lowest BCUT2D eigenvalue weighted by molar-refractivity contribution is -0.290. The van der Waals surface area contributed by atoms with Gasteiger partial charge in [0.1, 0.15) is 17.1 Å². The predicted molar refractivity (Wildman–Crippen MR) is 191 cm³/mol. The van der Waals surface area contributed by atoms with Crippen LogP contribution in [0.15, 0.2) is 84.9 Å². The van der Waals surface area contributed by atoms with Crippen LogP contribution >= 0.6 is 0 Å². The Morgan fingerprint density at radius 3 is 2.33 bits per heavy atom. The van der Waals surface area contributed by atoms with E-state index in [0.29, 0.717) is 18.7 Å². The summed E-state index contributed by atoms with van der Waals surface area (Å²) in [6, 6.07) is 24.2. The molecule has 49 heavy (non-hydrogen) atoms. The smallest absolute Gasteiger partial charge is 0.308 e. The fourth-order valence-electron chi connectivity index (χ4n) is 6.94. The predicted octanol–water partition coefficient (Wildman–Crippen LogP) is 9.36. The van der Waals surface area contributed by atoms with E-state index in [1.54, 1.807) is 12.1 Å². The first-order valence-electron chi connectivity index (χ1n) is 17.0. The van der Waals surface area contributed by atoms with E-state index in [9.17, 15) is 14.0 Å². The Labute approximate surface area is 288 Å². The van der Waals surface area contributed by atoms with Gasteiger partial charge < -0.3 is 23.7 Å². The SMILES string of the molecule is CC(C)n1c(/C=C/C2CC(CC(=O)OC(C)(C)C)OC(C)(C)O2)c(-c2ccc(F)cc2)c2c1C(=O)N(c1ccccc1)Cc1ccccc1-2. The van der Waals surface area contributed by atoms with E-state index in [4.69, 9.17) is 14.2 Å². The van der Waals surface area contributed by atoms with E-state index < -0.39 is 23.6 Å². The van der Waals surface area contributed by atoms with E-state index in [-0.39, 0.29) is 30.2 Å². The third kappa shape index (κ3) is 7.41. The van der Waals surface area contributed by atoms with Crippen molar-refractivity contribution in [3.05, 3.63) is 108 Å². The highest BCUT2D eigenvalue weighted by atomic mass is 19.1. The number of carbonyl (C=O) groups excluding carboxylic acids is 2. The Bertz CT molecular complexity index is 1870. The number of hydrogen-bond donors (Lipinski definition) is 0. The second kappa shape index (κ2) is 13.4. The van der Waals surface area contributed by atoms with Crippen LogP contribution in [-0.4, -0.2) is 40.0 Å². The molecule has 1 saturated heterocycles. The number of esters is 1. The molecule has 2 unspecified atom stereocenters. The van der Waals surface area contributed by atoms with Crippen molar-refractivity contribution in [2.75, 3.05) is 4.90 Å². The van der Waals surface area contributed by atoms with Crippen molar-refractivity contribution in [2.24, 2.45) is 0 Å². The normalized spacial score (nSPS) is 19.1. The molecule has 1 amide bonds. The molecule has 2 atom stereocenters. The number of para-hydroxylation sites is 1. The third-order valence-corrected chi connectivity index (χ3v) is 8.69. The molecular weight excluding hydrogens is 619 g/mol. The van der Waals surface area contributed by atoms with Crippen molar-refractivity contribution in [1.29, 1.82) is 0 Å². The highest BCUT2D eigenvalue weighted by molar-refractivity contribution is 6.14. The molecule has 3 aromatic carbocycles. The van der Waals surface area contributed by atoms with Gasteiger partial charge in [-0.15, -0.1) is 0 Å². The van der Waals surface area contributed by atoms with Gasteiger partial charge in [-0.25, -0.2) is 4.39 Å². The number of hydrogen-bond acceptors (Lipinski definition) is 5. The lowest BCUT2D eigenvalue weighted by Crippen LogP contribution is -2.45. The van der Waals surface area contributed by atoms with Crippen molar-refractivity contribution in [1.82, 2.24) is 4.57 Å². The van der Waals surface area contributed by atoms with Gasteiger partial charge in [0.05, 0.1) is 25.2 Å². The van der Waals surface area contributed by atoms with E-state index in [1.807, 2.05) is 94.1 Å². The van der Waals surface area contributed by atoms with Crippen molar-refractivity contribution in [3.63, 3.8) is 0 Å². The summed E-state index contributed by atoms with van der Waals surface area (Å²) in [5, 5.41) is 0. The Balaban J connectivity index is 1.51. The maximum Gasteiger partial charge on any atom is 0.308 e. The molecule has 0 N–H and O–H groups in total. The molecule has 256 valence electrons. The zero-order valence-corrected chi connectivity index (χ0v) is 29.3. The highest BCUT2D eigenvalue weighted by Crippen LogP contribution is 2.46. The van der Waals surface area contributed by atoms with Crippen LogP contribution in [0, 0.1) is 5.82 Å². The number of carbonyl (C=O) groups is 2. The summed E-state index contributed by atoms with van der Waals surface area (Å²) in [5.41, 5.74) is 6.00. The molecule has 1 aromatic heterocycles. The van der Waals surface area contributed by atoms with Gasteiger partial charge in [0.2, 0.25) is 0 Å². The van der Waals surface area contributed by atoms with Gasteiger partial charge in [0, 0.05) is 35.0 Å². The summed E-state index contributed by atoms with van der Waals surface area (Å²) in [4.78, 5) is 29.4. The lowest BCUT2D eigenvalue weighted by atomic mass is 9.92. The Kier molecular flexibility index (Phi) is 9.40. The van der Waals surface area contributed by atoms with Crippen LogP contribution in [0.5, 0.6) is 0 Å². The van der Waals surface area contributed by atoms with Gasteiger partial charge in [-0.05, 0) is 95.5 Å². The number of anilines is 1. The second-order valence-electron chi connectivity index (χ2n) is 14.5. The molecule has 0 spiro atoms. The van der Waals surface area contributed by atoms with E-state index in [1.165, 1.54) is 12.1 Å². The first-order valence-corrected chi connectivity index (χ1v) is 17.0. The number of rotatable bonds is 7. The topological polar surface area (TPSA) is 70.0 Å². The molecule has 0 aliphatic carbocycles. The van der Waals surface area contributed by atoms with Crippen molar-refractivity contribution in [2.45, 2.75) is 97.5 Å². The standard InChI is InChI=1S/C41H45FN2O5/c1-26(2)44-34(22-21-31-23-32(48-41(6,7)47-31)24-35(45)49-40(3,4)5)36(27-17-19-29(42)20-18-27)37-33-16-12-11-13-28(33)25-43(39(46)38(37)44)30-14-9-8-10-15-30/h8-22,26,31-32H,23-25H2,1-7H3/b22-21+. The first kappa shape index (κ1) is 34.3. The van der Waals surface area contributed by atoms with E-state index >= 15 is 0 Å². The third-order valence-electron chi connectivity index (χ3n) is 8.69. The number of amides is 1. The number of nitrogens with zero attached hydrogens (tertiary/aromatic N) is 2. The molecule has 0 bridgehead atoms. The maximum absolute atomic E-state index is 14.9. The Morgan fingerprint density at radius 1 is 0.980 bits per heavy atom. The monoisotopic (exact) mass is 664 g/mol. The first-order chi connectivity index (χ1) is 23.2. The largest absolute Gasteiger partial charge is 0.460 e. The van der Waals surface area contributed by atoms with Crippen LogP contribution in [0.25, 0.3) is 28.3 Å². The number of aromatic nitrogens is 1.